The van der Waals surface area contributed by atoms with Crippen molar-refractivity contribution >= 4 is 54.6 Å². The average molecular weight is 365 g/mol. The smallest absolute Gasteiger partial charge is 0.267 e. The minimum absolute atomic E-state index is 0.295. The van der Waals surface area contributed by atoms with Crippen molar-refractivity contribution < 1.29 is 9.18 Å². The molecule has 106 valence electrons. The molecule has 6 heteroatoms. The topological polar surface area (TPSA) is 55.1 Å². The second-order valence-corrected chi connectivity index (χ2v) is 6.41. The summed E-state index contributed by atoms with van der Waals surface area (Å²) < 4.78 is 14.7. The molecular formula is C15H10BrFN2OS. The molecule has 3 aromatic rings. The molecule has 21 heavy (non-hydrogen) atoms. The first-order valence-electron chi connectivity index (χ1n) is 6.09. The van der Waals surface area contributed by atoms with Crippen molar-refractivity contribution in [2.45, 2.75) is 0 Å². The van der Waals surface area contributed by atoms with E-state index in [-0.39, 0.29) is 11.7 Å². The second-order valence-electron chi connectivity index (χ2n) is 4.45. The number of halogens is 2. The Labute approximate surface area is 132 Å². The van der Waals surface area contributed by atoms with Crippen LogP contribution in [0.2, 0.25) is 0 Å². The van der Waals surface area contributed by atoms with E-state index in [1.165, 1.54) is 35.6 Å². The summed E-state index contributed by atoms with van der Waals surface area (Å²) in [5.74, 6) is -0.643. The lowest BCUT2D eigenvalue weighted by molar-refractivity contribution is 0.103. The van der Waals surface area contributed by atoms with Gasteiger partial charge in [-0.1, -0.05) is 22.0 Å². The van der Waals surface area contributed by atoms with Crippen LogP contribution in [0.3, 0.4) is 0 Å². The number of carbonyl (C=O) groups excluding carboxylic acids is 1. The molecule has 2 aromatic carbocycles. The van der Waals surface area contributed by atoms with Gasteiger partial charge in [0, 0.05) is 20.2 Å². The molecule has 3 nitrogen and oxygen atoms in total. The third-order valence-corrected chi connectivity index (χ3v) is 4.66. The van der Waals surface area contributed by atoms with Crippen LogP contribution in [0, 0.1) is 5.82 Å². The van der Waals surface area contributed by atoms with Gasteiger partial charge in [0.15, 0.2) is 0 Å². The fourth-order valence-corrected chi connectivity index (χ4v) is 3.55. The zero-order chi connectivity index (χ0) is 15.0. The van der Waals surface area contributed by atoms with Crippen molar-refractivity contribution in [1.29, 1.82) is 0 Å². The zero-order valence-electron chi connectivity index (χ0n) is 10.7. The minimum atomic E-state index is -0.348. The highest BCUT2D eigenvalue weighted by molar-refractivity contribution is 9.10. The third kappa shape index (κ3) is 2.77. The van der Waals surface area contributed by atoms with Gasteiger partial charge in [-0.05, 0) is 36.4 Å². The van der Waals surface area contributed by atoms with Crippen LogP contribution < -0.4 is 11.1 Å². The Kier molecular flexibility index (Phi) is 3.65. The maximum Gasteiger partial charge on any atom is 0.267 e. The third-order valence-electron chi connectivity index (χ3n) is 3.00. The number of nitrogen functional groups attached to an aromatic ring is 1. The molecular weight excluding hydrogens is 355 g/mol. The maximum atomic E-state index is 12.9. The number of hydrogen-bond acceptors (Lipinski definition) is 3. The number of fused-ring (bicyclic) bond motifs is 1. The van der Waals surface area contributed by atoms with Gasteiger partial charge in [0.25, 0.3) is 5.91 Å². The molecule has 0 aliphatic rings. The molecule has 0 spiro atoms. The van der Waals surface area contributed by atoms with Crippen LogP contribution in [0.15, 0.2) is 46.9 Å². The molecule has 0 saturated carbocycles. The van der Waals surface area contributed by atoms with Crippen LogP contribution in [0.1, 0.15) is 9.67 Å². The van der Waals surface area contributed by atoms with Gasteiger partial charge in [0.05, 0.1) is 5.69 Å². The number of hydrogen-bond donors (Lipinski definition) is 2. The molecule has 1 amide bonds. The number of rotatable bonds is 2. The predicted octanol–water partition coefficient (Wildman–Crippen LogP) is 4.64. The van der Waals surface area contributed by atoms with Crippen LogP contribution in [0.25, 0.3) is 10.1 Å². The Morgan fingerprint density at radius 2 is 1.90 bits per heavy atom. The lowest BCUT2D eigenvalue weighted by Gasteiger charge is -2.04. The first-order chi connectivity index (χ1) is 10.0. The Morgan fingerprint density at radius 1 is 1.19 bits per heavy atom. The van der Waals surface area contributed by atoms with Gasteiger partial charge in [-0.25, -0.2) is 4.39 Å². The van der Waals surface area contributed by atoms with Crippen LogP contribution in [-0.2, 0) is 0 Å². The lowest BCUT2D eigenvalue weighted by Crippen LogP contribution is -2.11. The van der Waals surface area contributed by atoms with E-state index in [1.54, 1.807) is 0 Å². The van der Waals surface area contributed by atoms with Crippen molar-refractivity contribution in [3.8, 4) is 0 Å². The molecule has 3 rings (SSSR count). The van der Waals surface area contributed by atoms with E-state index < -0.39 is 0 Å². The van der Waals surface area contributed by atoms with Crippen molar-refractivity contribution in [3.63, 3.8) is 0 Å². The monoisotopic (exact) mass is 364 g/mol. The first kappa shape index (κ1) is 14.0. The molecule has 0 bridgehead atoms. The maximum absolute atomic E-state index is 12.9. The summed E-state index contributed by atoms with van der Waals surface area (Å²) in [7, 11) is 0. The summed E-state index contributed by atoms with van der Waals surface area (Å²) in [4.78, 5) is 12.7. The van der Waals surface area contributed by atoms with E-state index in [4.69, 9.17) is 5.73 Å². The quantitative estimate of drug-likeness (QED) is 0.695. The fourth-order valence-electron chi connectivity index (χ4n) is 1.98. The van der Waals surface area contributed by atoms with Crippen molar-refractivity contribution in [2.75, 3.05) is 11.1 Å². The standard InChI is InChI=1S/C15H10BrFN2OS/c16-8-1-6-11-12(7-8)21-14(13(11)18)15(20)19-10-4-2-9(17)3-5-10/h1-7H,18H2,(H,19,20). The summed E-state index contributed by atoms with van der Waals surface area (Å²) in [5.41, 5.74) is 7.03. The van der Waals surface area contributed by atoms with Crippen molar-refractivity contribution in [2.24, 2.45) is 0 Å². The van der Waals surface area contributed by atoms with Crippen molar-refractivity contribution in [3.05, 3.63) is 57.6 Å². The highest BCUT2D eigenvalue weighted by Gasteiger charge is 2.16. The van der Waals surface area contributed by atoms with Gasteiger partial charge in [-0.3, -0.25) is 4.79 Å². The van der Waals surface area contributed by atoms with Gasteiger partial charge >= 0.3 is 0 Å². The summed E-state index contributed by atoms with van der Waals surface area (Å²) in [6.07, 6.45) is 0. The number of nitrogens with two attached hydrogens (primary N) is 1. The highest BCUT2D eigenvalue weighted by atomic mass is 79.9. The molecule has 1 aromatic heterocycles. The Hall–Kier alpha value is -1.92. The molecule has 3 N–H and O–H groups in total. The Morgan fingerprint density at radius 3 is 2.62 bits per heavy atom. The summed E-state index contributed by atoms with van der Waals surface area (Å²) in [6.45, 7) is 0. The SMILES string of the molecule is Nc1c(C(=O)Nc2ccc(F)cc2)sc2cc(Br)ccc12. The molecule has 0 atom stereocenters. The van der Waals surface area contributed by atoms with Gasteiger partial charge in [-0.2, -0.15) is 0 Å². The highest BCUT2D eigenvalue weighted by Crippen LogP contribution is 2.35. The number of benzene rings is 2. The molecule has 0 saturated heterocycles. The Balaban J connectivity index is 1.94. The van der Waals surface area contributed by atoms with Crippen LogP contribution in [0.4, 0.5) is 15.8 Å². The molecule has 0 aliphatic carbocycles. The van der Waals surface area contributed by atoms with Crippen molar-refractivity contribution in [1.82, 2.24) is 0 Å². The summed E-state index contributed by atoms with van der Waals surface area (Å²) in [6, 6.07) is 11.3. The van der Waals surface area contributed by atoms with Gasteiger partial charge in [-0.15, -0.1) is 11.3 Å². The van der Waals surface area contributed by atoms with E-state index in [9.17, 15) is 9.18 Å². The first-order valence-corrected chi connectivity index (χ1v) is 7.70. The second kappa shape index (κ2) is 5.46. The number of nitrogens with one attached hydrogen (secondary N) is 1. The number of carbonyl (C=O) groups is 1. The molecule has 0 radical (unpaired) electrons. The molecule has 0 unspecified atom stereocenters. The van der Waals surface area contributed by atoms with Crippen LogP contribution in [-0.4, -0.2) is 5.91 Å². The lowest BCUT2D eigenvalue weighted by atomic mass is 10.2. The normalized spacial score (nSPS) is 10.8. The number of anilines is 2. The van der Waals surface area contributed by atoms with Crippen LogP contribution in [0.5, 0.6) is 0 Å². The largest absolute Gasteiger partial charge is 0.397 e. The van der Waals surface area contributed by atoms with Crippen LogP contribution >= 0.6 is 27.3 Å². The van der Waals surface area contributed by atoms with Gasteiger partial charge in [0.1, 0.15) is 10.7 Å². The van der Waals surface area contributed by atoms with Gasteiger partial charge < -0.3 is 11.1 Å². The van der Waals surface area contributed by atoms with E-state index >= 15 is 0 Å². The molecule has 1 heterocycles. The van der Waals surface area contributed by atoms with E-state index in [2.05, 4.69) is 21.2 Å². The van der Waals surface area contributed by atoms with E-state index in [1.807, 2.05) is 18.2 Å². The predicted molar refractivity (Wildman–Crippen MR) is 88.3 cm³/mol. The average Bonchev–Trinajstić information content (AvgIpc) is 2.78. The van der Waals surface area contributed by atoms with E-state index in [0.717, 1.165) is 14.6 Å². The minimum Gasteiger partial charge on any atom is -0.397 e. The van der Waals surface area contributed by atoms with Gasteiger partial charge in [0.2, 0.25) is 0 Å². The summed E-state index contributed by atoms with van der Waals surface area (Å²) in [5, 5.41) is 3.57. The molecule has 0 aliphatic heterocycles. The number of thiophene rings is 1. The zero-order valence-corrected chi connectivity index (χ0v) is 13.1. The molecule has 0 fully saturated rings. The summed E-state index contributed by atoms with van der Waals surface area (Å²) >= 11 is 4.72. The fraction of sp³-hybridized carbons (Fsp3) is 0. The van der Waals surface area contributed by atoms with E-state index in [0.29, 0.717) is 16.3 Å². The Bertz CT molecular complexity index is 830. The number of amides is 1.